The van der Waals surface area contributed by atoms with Crippen molar-refractivity contribution in [2.45, 2.75) is 6.42 Å². The number of anilines is 1. The Morgan fingerprint density at radius 2 is 2.36 bits per heavy atom. The third kappa shape index (κ3) is 1.80. The number of allylic oxidation sites excluding steroid dienone is 1. The quantitative estimate of drug-likeness (QED) is 0.721. The van der Waals surface area contributed by atoms with E-state index >= 15 is 0 Å². The first-order valence-corrected chi connectivity index (χ1v) is 4.91. The van der Waals surface area contributed by atoms with E-state index in [1.807, 2.05) is 6.08 Å². The van der Waals surface area contributed by atoms with Crippen molar-refractivity contribution in [3.05, 3.63) is 24.6 Å². The third-order valence-corrected chi connectivity index (χ3v) is 2.42. The molecule has 0 radical (unpaired) electrons. The molecule has 2 rings (SSSR count). The van der Waals surface area contributed by atoms with Crippen LogP contribution in [-0.2, 0) is 6.42 Å². The molecule has 1 aromatic rings. The van der Waals surface area contributed by atoms with Gasteiger partial charge >= 0.3 is 0 Å². The molecule has 0 saturated carbocycles. The van der Waals surface area contributed by atoms with Gasteiger partial charge in [0, 0.05) is 32.6 Å². The minimum Gasteiger partial charge on any atom is -0.365 e. The molecule has 0 spiro atoms. The maximum Gasteiger partial charge on any atom is 0.147 e. The molecule has 14 heavy (non-hydrogen) atoms. The van der Waals surface area contributed by atoms with Crippen LogP contribution in [-0.4, -0.2) is 31.3 Å². The van der Waals surface area contributed by atoms with Crippen molar-refractivity contribution in [2.24, 2.45) is 0 Å². The van der Waals surface area contributed by atoms with Crippen molar-refractivity contribution >= 4 is 5.69 Å². The summed E-state index contributed by atoms with van der Waals surface area (Å²) in [6, 6.07) is 0. The highest BCUT2D eigenvalue weighted by Crippen LogP contribution is 2.20. The molecule has 0 aromatic carbocycles. The first kappa shape index (κ1) is 9.27. The maximum absolute atomic E-state index is 4.99. The van der Waals surface area contributed by atoms with Crippen LogP contribution in [0.2, 0.25) is 0 Å². The minimum atomic E-state index is 0.774. The Morgan fingerprint density at radius 3 is 3.07 bits per heavy atom. The molecule has 1 aliphatic rings. The molecule has 2 heterocycles. The lowest BCUT2D eigenvalue weighted by Crippen LogP contribution is -2.43. The summed E-state index contributed by atoms with van der Waals surface area (Å²) in [5.41, 5.74) is 2.10. The largest absolute Gasteiger partial charge is 0.365 e. The Labute approximate surface area is 83.6 Å². The smallest absolute Gasteiger partial charge is 0.147 e. The van der Waals surface area contributed by atoms with Gasteiger partial charge in [0.25, 0.3) is 0 Å². The number of nitrogens with zero attached hydrogens (tertiary/aromatic N) is 2. The molecule has 1 saturated heterocycles. The van der Waals surface area contributed by atoms with E-state index in [0.29, 0.717) is 0 Å². The van der Waals surface area contributed by atoms with E-state index in [2.05, 4.69) is 22.0 Å². The summed E-state index contributed by atoms with van der Waals surface area (Å²) in [4.78, 5) is 2.30. The van der Waals surface area contributed by atoms with Crippen molar-refractivity contribution < 1.29 is 4.52 Å². The molecule has 0 unspecified atom stereocenters. The van der Waals surface area contributed by atoms with Crippen LogP contribution in [0.15, 0.2) is 23.4 Å². The van der Waals surface area contributed by atoms with Gasteiger partial charge in [-0.25, -0.2) is 0 Å². The lowest BCUT2D eigenvalue weighted by molar-refractivity contribution is 0.413. The Balaban J connectivity index is 2.12. The summed E-state index contributed by atoms with van der Waals surface area (Å²) in [6.45, 7) is 7.80. The van der Waals surface area contributed by atoms with Crippen molar-refractivity contribution in [1.82, 2.24) is 10.5 Å². The van der Waals surface area contributed by atoms with Gasteiger partial charge in [0.15, 0.2) is 0 Å². The highest BCUT2D eigenvalue weighted by molar-refractivity contribution is 5.49. The lowest BCUT2D eigenvalue weighted by Gasteiger charge is -2.28. The summed E-state index contributed by atoms with van der Waals surface area (Å²) in [5.74, 6) is 0. The molecule has 0 bridgehead atoms. The van der Waals surface area contributed by atoms with Crippen molar-refractivity contribution in [3.63, 3.8) is 0 Å². The maximum atomic E-state index is 4.99. The van der Waals surface area contributed by atoms with Gasteiger partial charge in [-0.2, -0.15) is 0 Å². The minimum absolute atomic E-state index is 0.774. The normalized spacial score (nSPS) is 17.0. The second-order valence-corrected chi connectivity index (χ2v) is 3.38. The number of aromatic nitrogens is 1. The van der Waals surface area contributed by atoms with Crippen LogP contribution in [0.1, 0.15) is 5.69 Å². The third-order valence-electron chi connectivity index (χ3n) is 2.42. The van der Waals surface area contributed by atoms with Gasteiger partial charge in [-0.15, -0.1) is 6.58 Å². The molecule has 0 atom stereocenters. The number of hydrogen-bond acceptors (Lipinski definition) is 4. The molecule has 4 heteroatoms. The number of nitrogens with one attached hydrogen (secondary N) is 1. The van der Waals surface area contributed by atoms with Gasteiger partial charge in [-0.3, -0.25) is 0 Å². The molecule has 76 valence electrons. The number of hydrogen-bond donors (Lipinski definition) is 1. The molecule has 1 fully saturated rings. The summed E-state index contributed by atoms with van der Waals surface area (Å²) in [7, 11) is 0. The highest BCUT2D eigenvalue weighted by atomic mass is 16.5. The number of piperazine rings is 1. The average Bonchev–Trinajstić information content (AvgIpc) is 2.68. The van der Waals surface area contributed by atoms with E-state index in [1.54, 1.807) is 6.26 Å². The lowest BCUT2D eigenvalue weighted by atomic mass is 10.2. The predicted molar refractivity (Wildman–Crippen MR) is 55.5 cm³/mol. The Kier molecular flexibility index (Phi) is 2.84. The van der Waals surface area contributed by atoms with E-state index in [1.165, 1.54) is 0 Å². The van der Waals surface area contributed by atoms with Crippen LogP contribution >= 0.6 is 0 Å². The molecule has 0 aliphatic carbocycles. The van der Waals surface area contributed by atoms with Crippen LogP contribution < -0.4 is 10.2 Å². The second-order valence-electron chi connectivity index (χ2n) is 3.38. The van der Waals surface area contributed by atoms with Gasteiger partial charge in [0.2, 0.25) is 0 Å². The van der Waals surface area contributed by atoms with E-state index < -0.39 is 0 Å². The predicted octanol–water partition coefficient (Wildman–Crippen LogP) is 0.813. The first-order chi connectivity index (χ1) is 6.92. The highest BCUT2D eigenvalue weighted by Gasteiger charge is 2.16. The summed E-state index contributed by atoms with van der Waals surface area (Å²) in [5, 5.41) is 7.29. The fourth-order valence-electron chi connectivity index (χ4n) is 1.70. The molecular weight excluding hydrogens is 178 g/mol. The molecule has 1 aromatic heterocycles. The van der Waals surface area contributed by atoms with Crippen LogP contribution in [0.4, 0.5) is 5.69 Å². The van der Waals surface area contributed by atoms with Gasteiger partial charge in [-0.1, -0.05) is 11.2 Å². The first-order valence-electron chi connectivity index (χ1n) is 4.91. The van der Waals surface area contributed by atoms with Crippen LogP contribution in [0, 0.1) is 0 Å². The summed E-state index contributed by atoms with van der Waals surface area (Å²) >= 11 is 0. The van der Waals surface area contributed by atoms with E-state index in [4.69, 9.17) is 4.52 Å². The zero-order chi connectivity index (χ0) is 9.80. The summed E-state index contributed by atoms with van der Waals surface area (Å²) < 4.78 is 4.99. The SMILES string of the molecule is C=CCc1nocc1N1CCNCC1. The van der Waals surface area contributed by atoms with Crippen LogP contribution in [0.25, 0.3) is 0 Å². The van der Waals surface area contributed by atoms with E-state index in [9.17, 15) is 0 Å². The zero-order valence-corrected chi connectivity index (χ0v) is 8.20. The average molecular weight is 193 g/mol. The Hall–Kier alpha value is -1.29. The number of rotatable bonds is 3. The van der Waals surface area contributed by atoms with Crippen LogP contribution in [0.5, 0.6) is 0 Å². The molecule has 0 amide bonds. The van der Waals surface area contributed by atoms with Gasteiger partial charge < -0.3 is 14.7 Å². The summed E-state index contributed by atoms with van der Waals surface area (Å²) in [6.07, 6.45) is 4.35. The standard InChI is InChI=1S/C10H15N3O/c1-2-3-9-10(8-14-12-9)13-6-4-11-5-7-13/h2,8,11H,1,3-7H2. The Bertz CT molecular complexity index is 302. The van der Waals surface area contributed by atoms with Crippen molar-refractivity contribution in [2.75, 3.05) is 31.1 Å². The monoisotopic (exact) mass is 193 g/mol. The van der Waals surface area contributed by atoms with E-state index in [0.717, 1.165) is 44.0 Å². The van der Waals surface area contributed by atoms with Gasteiger partial charge in [-0.05, 0) is 0 Å². The fraction of sp³-hybridized carbons (Fsp3) is 0.500. The Morgan fingerprint density at radius 1 is 1.57 bits per heavy atom. The molecular formula is C10H15N3O. The van der Waals surface area contributed by atoms with Crippen LogP contribution in [0.3, 0.4) is 0 Å². The van der Waals surface area contributed by atoms with E-state index in [-0.39, 0.29) is 0 Å². The molecule has 1 N–H and O–H groups in total. The van der Waals surface area contributed by atoms with Gasteiger partial charge in [0.05, 0.1) is 0 Å². The molecule has 4 nitrogen and oxygen atoms in total. The topological polar surface area (TPSA) is 41.3 Å². The van der Waals surface area contributed by atoms with Gasteiger partial charge in [0.1, 0.15) is 17.6 Å². The zero-order valence-electron chi connectivity index (χ0n) is 8.20. The fourth-order valence-corrected chi connectivity index (χ4v) is 1.70. The second kappa shape index (κ2) is 4.28. The van der Waals surface area contributed by atoms with Crippen molar-refractivity contribution in [1.29, 1.82) is 0 Å². The van der Waals surface area contributed by atoms with Crippen molar-refractivity contribution in [3.8, 4) is 0 Å². The molecule has 1 aliphatic heterocycles.